The van der Waals surface area contributed by atoms with Crippen LogP contribution in [0.4, 0.5) is 0 Å². The maximum Gasteiger partial charge on any atom is 0.185 e. The SMILES string of the molecule is CCN(C)SCCN1CC(c2ccc3c(c2)OCCc2sc(C(N=CN)=NC(C)C)nc2-3)C1. The molecule has 0 saturated carbocycles. The van der Waals surface area contributed by atoms with Gasteiger partial charge in [-0.3, -0.25) is 9.30 Å². The molecule has 0 aliphatic carbocycles. The van der Waals surface area contributed by atoms with Crippen LogP contribution in [0.5, 0.6) is 5.75 Å². The van der Waals surface area contributed by atoms with Crippen LogP contribution in [-0.4, -0.2) is 78.0 Å². The smallest absolute Gasteiger partial charge is 0.185 e. The van der Waals surface area contributed by atoms with Gasteiger partial charge >= 0.3 is 0 Å². The number of hydrogen-bond acceptors (Lipinski definition) is 7. The molecule has 7 nitrogen and oxygen atoms in total. The van der Waals surface area contributed by atoms with Crippen LogP contribution in [0.15, 0.2) is 28.2 Å². The van der Waals surface area contributed by atoms with Crippen molar-refractivity contribution in [1.29, 1.82) is 0 Å². The molecule has 178 valence electrons. The van der Waals surface area contributed by atoms with Crippen molar-refractivity contribution in [3.05, 3.63) is 33.6 Å². The van der Waals surface area contributed by atoms with E-state index in [1.165, 1.54) is 16.8 Å². The lowest BCUT2D eigenvalue weighted by molar-refractivity contribution is 0.158. The molecule has 0 amide bonds. The number of likely N-dealkylation sites (tertiary alicyclic amines) is 1. The van der Waals surface area contributed by atoms with Crippen molar-refractivity contribution in [2.45, 2.75) is 39.2 Å². The van der Waals surface area contributed by atoms with Gasteiger partial charge in [-0.2, -0.15) is 0 Å². The Bertz CT molecular complexity index is 1010. The predicted molar refractivity (Wildman–Crippen MR) is 141 cm³/mol. The number of amidine groups is 1. The van der Waals surface area contributed by atoms with Crippen molar-refractivity contribution in [1.82, 2.24) is 14.2 Å². The van der Waals surface area contributed by atoms with Gasteiger partial charge in [-0.15, -0.1) is 11.3 Å². The molecule has 0 bridgehead atoms. The Morgan fingerprint density at radius 2 is 2.24 bits per heavy atom. The Hall–Kier alpha value is -1.94. The number of nitrogens with two attached hydrogens (primary N) is 1. The standard InChI is InChI=1S/C24H34N6OS2/c1-5-29(4)32-11-9-30-13-18(14-30)17-6-7-19-20(12-17)31-10-8-21-22(19)28-24(33-21)23(26-15-25)27-16(2)3/h6-7,12,15-16,18H,5,8-11,13-14H2,1-4H3,(H2,25,26,27). The molecule has 1 saturated heterocycles. The van der Waals surface area contributed by atoms with Crippen LogP contribution < -0.4 is 10.5 Å². The average Bonchev–Trinajstić information content (AvgIpc) is 3.11. The Morgan fingerprint density at radius 1 is 1.42 bits per heavy atom. The van der Waals surface area contributed by atoms with Crippen molar-refractivity contribution in [3.63, 3.8) is 0 Å². The second-order valence-electron chi connectivity index (χ2n) is 8.70. The van der Waals surface area contributed by atoms with E-state index in [1.54, 1.807) is 11.3 Å². The van der Waals surface area contributed by atoms with Gasteiger partial charge in [0.05, 0.1) is 18.6 Å². The summed E-state index contributed by atoms with van der Waals surface area (Å²) in [5, 5.41) is 0.813. The fraction of sp³-hybridized carbons (Fsp3) is 0.542. The van der Waals surface area contributed by atoms with Gasteiger partial charge in [0.2, 0.25) is 0 Å². The molecule has 9 heteroatoms. The molecule has 4 rings (SSSR count). The minimum absolute atomic E-state index is 0.124. The maximum atomic E-state index is 6.16. The van der Waals surface area contributed by atoms with Crippen molar-refractivity contribution in [3.8, 4) is 17.0 Å². The summed E-state index contributed by atoms with van der Waals surface area (Å²) in [5.74, 6) is 3.26. The number of aromatic nitrogens is 1. The summed E-state index contributed by atoms with van der Waals surface area (Å²) < 4.78 is 8.45. The molecule has 2 aliphatic heterocycles. The first kappa shape index (κ1) is 24.2. The minimum atomic E-state index is 0.124. The molecule has 0 unspecified atom stereocenters. The van der Waals surface area contributed by atoms with Crippen molar-refractivity contribution in [2.75, 3.05) is 45.6 Å². The molecule has 2 aromatic rings. The number of ether oxygens (including phenoxy) is 1. The van der Waals surface area contributed by atoms with E-state index >= 15 is 0 Å². The normalized spacial score (nSPS) is 17.2. The average molecular weight is 487 g/mol. The van der Waals surface area contributed by atoms with Crippen molar-refractivity contribution < 1.29 is 4.74 Å². The zero-order valence-electron chi connectivity index (χ0n) is 20.0. The number of nitrogens with zero attached hydrogens (tertiary/aromatic N) is 5. The summed E-state index contributed by atoms with van der Waals surface area (Å²) in [6.07, 6.45) is 2.12. The predicted octanol–water partition coefficient (Wildman–Crippen LogP) is 3.89. The Labute approximate surface area is 205 Å². The molecule has 2 N–H and O–H groups in total. The zero-order chi connectivity index (χ0) is 23.4. The summed E-state index contributed by atoms with van der Waals surface area (Å²) in [6.45, 7) is 11.4. The van der Waals surface area contributed by atoms with Gasteiger partial charge in [0.15, 0.2) is 10.8 Å². The highest BCUT2D eigenvalue weighted by atomic mass is 32.2. The quantitative estimate of drug-likeness (QED) is 0.346. The number of fused-ring (bicyclic) bond motifs is 3. The Balaban J connectivity index is 1.48. The monoisotopic (exact) mass is 486 g/mol. The van der Waals surface area contributed by atoms with Gasteiger partial charge in [-0.1, -0.05) is 24.9 Å². The number of thiazole rings is 1. The molecule has 0 radical (unpaired) electrons. The lowest BCUT2D eigenvalue weighted by Crippen LogP contribution is -2.46. The third-order valence-electron chi connectivity index (χ3n) is 5.91. The number of aliphatic imine (C=N–C) groups is 2. The summed E-state index contributed by atoms with van der Waals surface area (Å²) in [4.78, 5) is 17.5. The summed E-state index contributed by atoms with van der Waals surface area (Å²) in [7, 11) is 2.15. The third-order valence-corrected chi connectivity index (χ3v) is 8.08. The largest absolute Gasteiger partial charge is 0.492 e. The van der Waals surface area contributed by atoms with E-state index in [0.717, 1.165) is 60.4 Å². The van der Waals surface area contributed by atoms with Gasteiger partial charge < -0.3 is 15.4 Å². The van der Waals surface area contributed by atoms with Gasteiger partial charge in [0.25, 0.3) is 0 Å². The molecule has 1 fully saturated rings. The minimum Gasteiger partial charge on any atom is -0.492 e. The molecular weight excluding hydrogens is 452 g/mol. The molecule has 0 atom stereocenters. The zero-order valence-corrected chi connectivity index (χ0v) is 21.6. The first-order valence-corrected chi connectivity index (χ1v) is 13.4. The van der Waals surface area contributed by atoms with E-state index in [2.05, 4.69) is 51.4 Å². The molecule has 3 heterocycles. The van der Waals surface area contributed by atoms with E-state index < -0.39 is 0 Å². The summed E-state index contributed by atoms with van der Waals surface area (Å²) in [5.41, 5.74) is 8.97. The van der Waals surface area contributed by atoms with Crippen molar-refractivity contribution >= 4 is 35.5 Å². The number of rotatable bonds is 8. The van der Waals surface area contributed by atoms with E-state index in [1.807, 2.05) is 25.8 Å². The van der Waals surface area contributed by atoms with Crippen LogP contribution >= 0.6 is 23.3 Å². The summed E-state index contributed by atoms with van der Waals surface area (Å²) >= 11 is 3.55. The van der Waals surface area contributed by atoms with Gasteiger partial charge in [0, 0.05) is 60.8 Å². The van der Waals surface area contributed by atoms with Gasteiger partial charge in [0.1, 0.15) is 5.75 Å². The molecule has 1 aromatic heterocycles. The van der Waals surface area contributed by atoms with Crippen LogP contribution in [0.1, 0.15) is 42.1 Å². The highest BCUT2D eigenvalue weighted by Crippen LogP contribution is 2.40. The second-order valence-corrected chi connectivity index (χ2v) is 11.1. The lowest BCUT2D eigenvalue weighted by atomic mass is 9.90. The van der Waals surface area contributed by atoms with E-state index in [9.17, 15) is 0 Å². The first-order chi connectivity index (χ1) is 16.0. The molecular formula is C24H34N6OS2. The fourth-order valence-electron chi connectivity index (χ4n) is 4.03. The van der Waals surface area contributed by atoms with Crippen molar-refractivity contribution in [2.24, 2.45) is 15.7 Å². The molecule has 1 aromatic carbocycles. The fourth-order valence-corrected chi connectivity index (χ4v) is 5.87. The first-order valence-electron chi connectivity index (χ1n) is 11.6. The van der Waals surface area contributed by atoms with Crippen LogP contribution in [0, 0.1) is 0 Å². The number of benzene rings is 1. The third kappa shape index (κ3) is 5.77. The van der Waals surface area contributed by atoms with Gasteiger partial charge in [-0.05, 0) is 38.6 Å². The topological polar surface area (TPSA) is 79.3 Å². The molecule has 0 spiro atoms. The Kier molecular flexibility index (Phi) is 8.06. The Morgan fingerprint density at radius 3 is 2.97 bits per heavy atom. The van der Waals surface area contributed by atoms with E-state index in [4.69, 9.17) is 15.5 Å². The second kappa shape index (κ2) is 11.0. The maximum absolute atomic E-state index is 6.16. The van der Waals surface area contributed by atoms with Crippen LogP contribution in [0.25, 0.3) is 11.3 Å². The number of hydrogen-bond donors (Lipinski definition) is 1. The van der Waals surface area contributed by atoms with E-state index in [-0.39, 0.29) is 6.04 Å². The summed E-state index contributed by atoms with van der Waals surface area (Å²) in [6, 6.07) is 6.78. The highest BCUT2D eigenvalue weighted by molar-refractivity contribution is 7.97. The van der Waals surface area contributed by atoms with Crippen LogP contribution in [0.3, 0.4) is 0 Å². The molecule has 33 heavy (non-hydrogen) atoms. The molecule has 2 aliphatic rings. The van der Waals surface area contributed by atoms with E-state index in [0.29, 0.717) is 18.4 Å². The van der Waals surface area contributed by atoms with Crippen LogP contribution in [0.2, 0.25) is 0 Å². The van der Waals surface area contributed by atoms with Gasteiger partial charge in [-0.25, -0.2) is 9.98 Å². The van der Waals surface area contributed by atoms with Crippen LogP contribution in [-0.2, 0) is 6.42 Å². The highest BCUT2D eigenvalue weighted by Gasteiger charge is 2.29. The lowest BCUT2D eigenvalue weighted by Gasteiger charge is -2.40.